The number of aryl methyl sites for hydroxylation is 1. The number of carbonyl (C=O) groups excluding carboxylic acids is 2. The highest BCUT2D eigenvalue weighted by Crippen LogP contribution is 2.58. The quantitative estimate of drug-likeness (QED) is 0.106. The number of nitrogens with two attached hydrogens (primary N) is 1. The van der Waals surface area contributed by atoms with E-state index >= 15 is 0 Å². The smallest absolute Gasteiger partial charge is 0.433 e. The number of hydrogen-bond donors (Lipinski definition) is 4. The molecule has 0 amide bonds. The number of aliphatic hydroxyl groups is 1. The van der Waals surface area contributed by atoms with Crippen molar-refractivity contribution in [2.24, 2.45) is 10.8 Å². The second-order valence-electron chi connectivity index (χ2n) is 10.9. The van der Waals surface area contributed by atoms with E-state index in [0.29, 0.717) is 5.56 Å². The van der Waals surface area contributed by atoms with Crippen LogP contribution in [0.25, 0.3) is 11.0 Å². The Hall–Kier alpha value is -3.09. The van der Waals surface area contributed by atoms with Crippen molar-refractivity contribution in [3.8, 4) is 12.3 Å². The number of terminal acetylenes is 1. The minimum Gasteiger partial charge on any atom is -0.433 e. The number of nitrogen functional groups attached to an aromatic ring is 1. The van der Waals surface area contributed by atoms with Gasteiger partial charge < -0.3 is 29.6 Å². The summed E-state index contributed by atoms with van der Waals surface area (Å²) in [5.74, 6) is 1.12. The van der Waals surface area contributed by atoms with E-state index in [-0.39, 0.29) is 36.6 Å². The zero-order chi connectivity index (χ0) is 31.0. The van der Waals surface area contributed by atoms with E-state index < -0.39 is 63.0 Å². The summed E-state index contributed by atoms with van der Waals surface area (Å²) in [6.07, 6.45) is 6.40. The number of aromatic amines is 1. The summed E-state index contributed by atoms with van der Waals surface area (Å²) in [6.45, 7) is 7.48. The van der Waals surface area contributed by atoms with E-state index in [0.717, 1.165) is 0 Å². The summed E-state index contributed by atoms with van der Waals surface area (Å²) in [5, 5.41) is 9.58. The molecule has 5 N–H and O–H groups in total. The van der Waals surface area contributed by atoms with Crippen LogP contribution in [-0.4, -0.2) is 69.6 Å². The fourth-order valence-corrected chi connectivity index (χ4v) is 4.06. The first kappa shape index (κ1) is 34.1. The average Bonchev–Trinajstić information content (AvgIpc) is 3.22. The fraction of sp³-hybridized carbons (Fsp3) is 0.600. The fourth-order valence-electron chi connectivity index (χ4n) is 3.11. The zero-order valence-electron chi connectivity index (χ0n) is 24.0. The van der Waals surface area contributed by atoms with Gasteiger partial charge in [-0.1, -0.05) is 5.92 Å². The summed E-state index contributed by atoms with van der Waals surface area (Å²) in [5.41, 5.74) is 4.08. The first-order chi connectivity index (χ1) is 19.0. The van der Waals surface area contributed by atoms with Crippen LogP contribution in [0.3, 0.4) is 0 Å². The van der Waals surface area contributed by atoms with Gasteiger partial charge in [0.2, 0.25) is 19.5 Å². The molecule has 228 valence electrons. The predicted molar refractivity (Wildman–Crippen MR) is 147 cm³/mol. The van der Waals surface area contributed by atoms with Gasteiger partial charge in [0.1, 0.15) is 13.4 Å². The van der Waals surface area contributed by atoms with Crippen LogP contribution in [0.5, 0.6) is 0 Å². The van der Waals surface area contributed by atoms with Crippen molar-refractivity contribution in [2.45, 2.75) is 60.6 Å². The van der Waals surface area contributed by atoms with Crippen LogP contribution in [0.2, 0.25) is 0 Å². The molecule has 41 heavy (non-hydrogen) atoms. The van der Waals surface area contributed by atoms with Crippen LogP contribution in [0.15, 0.2) is 11.0 Å². The lowest BCUT2D eigenvalue weighted by Crippen LogP contribution is -2.27. The van der Waals surface area contributed by atoms with Gasteiger partial charge in [-0.2, -0.15) is 14.4 Å². The molecule has 1 unspecified atom stereocenters. The molecule has 15 nitrogen and oxygen atoms in total. The topological polar surface area (TPSA) is 207 Å². The summed E-state index contributed by atoms with van der Waals surface area (Å²) in [7, 11) is -4.24. The molecule has 0 spiro atoms. The largest absolute Gasteiger partial charge is 0.579 e. The molecule has 2 aromatic rings. The predicted octanol–water partition coefficient (Wildman–Crippen LogP) is 1.83. The molecule has 0 saturated heterocycles. The van der Waals surface area contributed by atoms with Crippen LogP contribution < -0.4 is 11.3 Å². The van der Waals surface area contributed by atoms with Crippen molar-refractivity contribution >= 4 is 37.1 Å². The summed E-state index contributed by atoms with van der Waals surface area (Å²) in [6, 6.07) is 0. The van der Waals surface area contributed by atoms with Crippen LogP contribution in [0, 0.1) is 23.2 Å². The Morgan fingerprint density at radius 1 is 1.12 bits per heavy atom. The van der Waals surface area contributed by atoms with E-state index in [2.05, 4.69) is 15.9 Å². The number of anilines is 1. The Kier molecular flexibility index (Phi) is 11.8. The van der Waals surface area contributed by atoms with Gasteiger partial charge in [0.15, 0.2) is 5.65 Å². The molecule has 2 aromatic heterocycles. The maximum atomic E-state index is 12.3. The molecule has 2 heterocycles. The van der Waals surface area contributed by atoms with Gasteiger partial charge in [-0.25, -0.2) is 0 Å². The summed E-state index contributed by atoms with van der Waals surface area (Å²) in [4.78, 5) is 54.0. The van der Waals surface area contributed by atoms with Gasteiger partial charge in [0.05, 0.1) is 27.9 Å². The number of ether oxygens (including phenoxy) is 3. The minimum absolute atomic E-state index is 0.0969. The molecular weight excluding hydrogens is 563 g/mol. The SMILES string of the molecule is C#Cc1cn(CCC(CO[P+](O)(OCOC(=O)C(C)(C)C)OCOC(=O)C(C)(C)C)OCO)c2nc(N)[nH]c(=O)c12. The van der Waals surface area contributed by atoms with E-state index in [1.54, 1.807) is 52.3 Å². The van der Waals surface area contributed by atoms with Gasteiger partial charge in [0, 0.05) is 12.7 Å². The second-order valence-corrected chi connectivity index (χ2v) is 12.6. The van der Waals surface area contributed by atoms with Crippen LogP contribution >= 0.6 is 8.17 Å². The highest BCUT2D eigenvalue weighted by molar-refractivity contribution is 7.55. The van der Waals surface area contributed by atoms with Gasteiger partial charge in [-0.3, -0.25) is 19.4 Å². The standard InChI is InChI=1S/C25H37N4O11P/c1-8-16-11-29(19-18(16)20(31)28-23(26)27-19)10-9-17(35-13-30)12-38-41(34,39-14-36-21(32)24(2,3)4)40-15-37-22(33)25(5,6)7/h1,11,17,30,34H,9-10,12-15H2,2-7H3,(H2-,26,27,28,31)/p+1. The molecular formula is C25H38N4O11P+. The molecule has 0 aliphatic rings. The molecule has 0 saturated carbocycles. The lowest BCUT2D eigenvalue weighted by Gasteiger charge is -2.21. The van der Waals surface area contributed by atoms with Crippen molar-refractivity contribution in [3.63, 3.8) is 0 Å². The highest BCUT2D eigenvalue weighted by Gasteiger charge is 2.47. The third kappa shape index (κ3) is 10.0. The molecule has 2 rings (SSSR count). The summed E-state index contributed by atoms with van der Waals surface area (Å²) < 4.78 is 32.9. The monoisotopic (exact) mass is 601 g/mol. The molecule has 0 fully saturated rings. The number of aromatic nitrogens is 3. The molecule has 0 aromatic carbocycles. The molecule has 16 heteroatoms. The van der Waals surface area contributed by atoms with Crippen LogP contribution in [0.4, 0.5) is 5.95 Å². The number of carbonyl (C=O) groups is 2. The normalized spacial score (nSPS) is 13.1. The third-order valence-corrected chi connectivity index (χ3v) is 6.70. The number of nitrogens with one attached hydrogen (secondary N) is 1. The molecule has 0 aliphatic heterocycles. The van der Waals surface area contributed by atoms with E-state index in [4.69, 9.17) is 39.9 Å². The number of nitrogens with zero attached hydrogens (tertiary/aromatic N) is 2. The van der Waals surface area contributed by atoms with Crippen molar-refractivity contribution in [3.05, 3.63) is 22.1 Å². The van der Waals surface area contributed by atoms with Gasteiger partial charge in [-0.15, -0.1) is 15.5 Å². The maximum absolute atomic E-state index is 12.3. The van der Waals surface area contributed by atoms with E-state index in [1.165, 1.54) is 0 Å². The number of rotatable bonds is 14. The Morgan fingerprint density at radius 2 is 1.68 bits per heavy atom. The van der Waals surface area contributed by atoms with E-state index in [1.807, 2.05) is 0 Å². The highest BCUT2D eigenvalue weighted by atomic mass is 31.2. The number of H-pyrrole nitrogens is 1. The lowest BCUT2D eigenvalue weighted by atomic mass is 9.98. The van der Waals surface area contributed by atoms with Crippen molar-refractivity contribution in [1.82, 2.24) is 14.5 Å². The minimum atomic E-state index is -4.24. The van der Waals surface area contributed by atoms with Gasteiger partial charge >= 0.3 is 20.1 Å². The zero-order valence-corrected chi connectivity index (χ0v) is 24.9. The number of esters is 2. The van der Waals surface area contributed by atoms with Crippen LogP contribution in [0.1, 0.15) is 53.5 Å². The number of fused-ring (bicyclic) bond motifs is 1. The van der Waals surface area contributed by atoms with Crippen LogP contribution in [-0.2, 0) is 43.9 Å². The first-order valence-electron chi connectivity index (χ1n) is 12.5. The lowest BCUT2D eigenvalue weighted by molar-refractivity contribution is -0.165. The Bertz CT molecular complexity index is 1270. The molecule has 0 bridgehead atoms. The molecule has 0 aliphatic carbocycles. The number of aliphatic hydroxyl groups excluding tert-OH is 1. The third-order valence-electron chi connectivity index (χ3n) is 5.36. The maximum Gasteiger partial charge on any atom is 0.579 e. The van der Waals surface area contributed by atoms with Crippen molar-refractivity contribution in [2.75, 3.05) is 32.7 Å². The molecule has 0 radical (unpaired) electrons. The number of hydrogen-bond acceptors (Lipinski definition) is 13. The van der Waals surface area contributed by atoms with Crippen molar-refractivity contribution in [1.29, 1.82) is 0 Å². The Labute approximate surface area is 237 Å². The van der Waals surface area contributed by atoms with Crippen molar-refractivity contribution < 1.29 is 47.4 Å². The molecule has 1 atom stereocenters. The van der Waals surface area contributed by atoms with Gasteiger partial charge in [-0.05, 0) is 48.0 Å². The van der Waals surface area contributed by atoms with Gasteiger partial charge in [0.25, 0.3) is 5.56 Å². The average molecular weight is 602 g/mol. The Morgan fingerprint density at radius 3 is 2.17 bits per heavy atom. The Balaban J connectivity index is 2.14. The van der Waals surface area contributed by atoms with E-state index in [9.17, 15) is 24.4 Å². The second kappa shape index (κ2) is 14.2. The summed E-state index contributed by atoms with van der Waals surface area (Å²) >= 11 is 0. The first-order valence-corrected chi connectivity index (χ1v) is 14.0.